The fraction of sp³-hybridized carbons (Fsp3) is 0.706. The highest BCUT2D eigenvalue weighted by Crippen LogP contribution is 2.15. The predicted molar refractivity (Wildman–Crippen MR) is 109 cm³/mol. The third-order valence-corrected chi connectivity index (χ3v) is 4.37. The molecule has 2 N–H and O–H groups in total. The maximum absolute atomic E-state index is 4.27. The second-order valence-electron chi connectivity index (χ2n) is 6.22. The molecule has 2 heterocycles. The third-order valence-electron chi connectivity index (χ3n) is 4.37. The molecular formula is C17H32IN5. The molecule has 1 fully saturated rings. The molecule has 132 valence electrons. The van der Waals surface area contributed by atoms with Crippen molar-refractivity contribution in [3.05, 3.63) is 24.5 Å². The Balaban J connectivity index is 0.00000264. The highest BCUT2D eigenvalue weighted by atomic mass is 127. The smallest absolute Gasteiger partial charge is 0.191 e. The van der Waals surface area contributed by atoms with Crippen LogP contribution in [0, 0.1) is 5.92 Å². The zero-order valence-electron chi connectivity index (χ0n) is 14.5. The number of piperidine rings is 1. The highest BCUT2D eigenvalue weighted by molar-refractivity contribution is 14.0. The van der Waals surface area contributed by atoms with Gasteiger partial charge < -0.3 is 20.1 Å². The Bertz CT molecular complexity index is 424. The number of nitrogens with zero attached hydrogens (tertiary/aromatic N) is 3. The van der Waals surface area contributed by atoms with Crippen molar-refractivity contribution in [2.24, 2.45) is 10.9 Å². The Kier molecular flexibility index (Phi) is 10.3. The van der Waals surface area contributed by atoms with Crippen molar-refractivity contribution in [1.82, 2.24) is 20.1 Å². The quantitative estimate of drug-likeness (QED) is 0.301. The van der Waals surface area contributed by atoms with Gasteiger partial charge in [-0.15, -0.1) is 24.0 Å². The maximum atomic E-state index is 4.27. The van der Waals surface area contributed by atoms with Gasteiger partial charge in [-0.25, -0.2) is 0 Å². The molecule has 0 radical (unpaired) electrons. The van der Waals surface area contributed by atoms with Gasteiger partial charge in [0.1, 0.15) is 0 Å². The summed E-state index contributed by atoms with van der Waals surface area (Å²) in [6.07, 6.45) is 8.05. The minimum atomic E-state index is 0. The summed E-state index contributed by atoms with van der Waals surface area (Å²) in [5.41, 5.74) is 0. The van der Waals surface area contributed by atoms with Gasteiger partial charge in [0.05, 0.1) is 0 Å². The monoisotopic (exact) mass is 433 g/mol. The van der Waals surface area contributed by atoms with Crippen LogP contribution in [0.1, 0.15) is 26.2 Å². The molecule has 0 aliphatic carbocycles. The lowest BCUT2D eigenvalue weighted by Crippen LogP contribution is -2.40. The molecule has 5 nitrogen and oxygen atoms in total. The lowest BCUT2D eigenvalue weighted by molar-refractivity contribution is 0.191. The molecule has 0 spiro atoms. The number of halogens is 1. The summed E-state index contributed by atoms with van der Waals surface area (Å²) in [5.74, 6) is 1.82. The first kappa shape index (κ1) is 20.3. The maximum Gasteiger partial charge on any atom is 0.191 e. The van der Waals surface area contributed by atoms with Crippen LogP contribution in [0.25, 0.3) is 0 Å². The Morgan fingerprint density at radius 3 is 2.39 bits per heavy atom. The first-order chi connectivity index (χ1) is 10.8. The van der Waals surface area contributed by atoms with Crippen LogP contribution in [-0.2, 0) is 6.54 Å². The van der Waals surface area contributed by atoms with Crippen LogP contribution in [0.2, 0.25) is 0 Å². The molecular weight excluding hydrogens is 401 g/mol. The van der Waals surface area contributed by atoms with Crippen LogP contribution in [-0.4, -0.2) is 55.2 Å². The van der Waals surface area contributed by atoms with Crippen LogP contribution in [0.4, 0.5) is 0 Å². The second kappa shape index (κ2) is 11.7. The number of nitrogens with one attached hydrogen (secondary N) is 2. The molecule has 0 saturated carbocycles. The van der Waals surface area contributed by atoms with E-state index in [1.54, 1.807) is 0 Å². The third kappa shape index (κ3) is 8.06. The van der Waals surface area contributed by atoms with Crippen molar-refractivity contribution >= 4 is 29.9 Å². The van der Waals surface area contributed by atoms with Crippen molar-refractivity contribution < 1.29 is 0 Å². The molecule has 23 heavy (non-hydrogen) atoms. The molecule has 0 atom stereocenters. The van der Waals surface area contributed by atoms with Crippen LogP contribution in [0.5, 0.6) is 0 Å². The topological polar surface area (TPSA) is 44.6 Å². The Morgan fingerprint density at radius 1 is 1.09 bits per heavy atom. The van der Waals surface area contributed by atoms with E-state index in [9.17, 15) is 0 Å². The Morgan fingerprint density at radius 2 is 1.74 bits per heavy atom. The second-order valence-corrected chi connectivity index (χ2v) is 6.22. The number of hydrogen-bond donors (Lipinski definition) is 2. The Hall–Kier alpha value is -0.760. The zero-order chi connectivity index (χ0) is 15.6. The molecule has 1 saturated heterocycles. The van der Waals surface area contributed by atoms with Crippen molar-refractivity contribution in [3.8, 4) is 0 Å². The van der Waals surface area contributed by atoms with E-state index in [4.69, 9.17) is 0 Å². The fourth-order valence-corrected chi connectivity index (χ4v) is 2.84. The molecule has 1 aliphatic rings. The summed E-state index contributed by atoms with van der Waals surface area (Å²) in [7, 11) is 1.83. The van der Waals surface area contributed by atoms with Gasteiger partial charge in [-0.1, -0.05) is 6.92 Å². The summed E-state index contributed by atoms with van der Waals surface area (Å²) in [6, 6.07) is 4.10. The van der Waals surface area contributed by atoms with Gasteiger partial charge >= 0.3 is 0 Å². The van der Waals surface area contributed by atoms with Crippen molar-refractivity contribution in [1.29, 1.82) is 0 Å². The molecule has 0 unspecified atom stereocenters. The normalized spacial score (nSPS) is 16.9. The standard InChI is InChI=1S/C17H31N5.HI/c1-16-6-13-22(14-7-16)12-5-8-19-17(18-2)20-9-15-21-10-3-4-11-21;/h3-4,10-11,16H,5-9,12-15H2,1-2H3,(H2,18,19,20);1H. The zero-order valence-corrected chi connectivity index (χ0v) is 16.8. The van der Waals surface area contributed by atoms with Gasteiger partial charge in [0.2, 0.25) is 0 Å². The number of hydrogen-bond acceptors (Lipinski definition) is 2. The van der Waals surface area contributed by atoms with E-state index in [1.807, 2.05) is 7.05 Å². The van der Waals surface area contributed by atoms with Crippen LogP contribution in [0.3, 0.4) is 0 Å². The first-order valence-electron chi connectivity index (χ1n) is 8.55. The lowest BCUT2D eigenvalue weighted by Gasteiger charge is -2.30. The van der Waals surface area contributed by atoms with Crippen LogP contribution >= 0.6 is 24.0 Å². The van der Waals surface area contributed by atoms with E-state index in [2.05, 4.69) is 56.5 Å². The lowest BCUT2D eigenvalue weighted by atomic mass is 9.99. The van der Waals surface area contributed by atoms with Gasteiger partial charge in [-0.2, -0.15) is 0 Å². The molecule has 0 amide bonds. The van der Waals surface area contributed by atoms with Crippen LogP contribution < -0.4 is 10.6 Å². The van der Waals surface area contributed by atoms with E-state index in [1.165, 1.54) is 38.9 Å². The summed E-state index contributed by atoms with van der Waals surface area (Å²) >= 11 is 0. The van der Waals surface area contributed by atoms with Gasteiger partial charge in [0.15, 0.2) is 5.96 Å². The Labute approximate surface area is 157 Å². The minimum absolute atomic E-state index is 0. The summed E-state index contributed by atoms with van der Waals surface area (Å²) in [4.78, 5) is 6.86. The van der Waals surface area contributed by atoms with Crippen molar-refractivity contribution in [2.45, 2.75) is 32.7 Å². The van der Waals surface area contributed by atoms with Gasteiger partial charge in [-0.3, -0.25) is 4.99 Å². The molecule has 1 aromatic heterocycles. The van der Waals surface area contributed by atoms with Crippen LogP contribution in [0.15, 0.2) is 29.5 Å². The largest absolute Gasteiger partial charge is 0.356 e. The summed E-state index contributed by atoms with van der Waals surface area (Å²) in [6.45, 7) is 8.92. The van der Waals surface area contributed by atoms with Gasteiger partial charge in [-0.05, 0) is 56.9 Å². The first-order valence-corrected chi connectivity index (χ1v) is 8.55. The number of guanidine groups is 1. The van der Waals surface area contributed by atoms with Gasteiger partial charge in [0, 0.05) is 39.1 Å². The van der Waals surface area contributed by atoms with E-state index >= 15 is 0 Å². The molecule has 2 rings (SSSR count). The van der Waals surface area contributed by atoms with Gasteiger partial charge in [0.25, 0.3) is 0 Å². The molecule has 0 aromatic carbocycles. The van der Waals surface area contributed by atoms with Crippen molar-refractivity contribution in [3.63, 3.8) is 0 Å². The molecule has 1 aliphatic heterocycles. The van der Waals surface area contributed by atoms with E-state index in [-0.39, 0.29) is 24.0 Å². The predicted octanol–water partition coefficient (Wildman–Crippen LogP) is 2.39. The average molecular weight is 433 g/mol. The molecule has 6 heteroatoms. The van der Waals surface area contributed by atoms with Crippen molar-refractivity contribution in [2.75, 3.05) is 39.8 Å². The fourth-order valence-electron chi connectivity index (χ4n) is 2.84. The average Bonchev–Trinajstić information content (AvgIpc) is 3.04. The molecule has 0 bridgehead atoms. The number of likely N-dealkylation sites (tertiary alicyclic amines) is 1. The van der Waals surface area contributed by atoms with E-state index in [0.717, 1.165) is 31.5 Å². The van der Waals surface area contributed by atoms with E-state index < -0.39 is 0 Å². The SMILES string of the molecule is CN=C(NCCCN1CCC(C)CC1)NCCn1cccc1.I. The number of rotatable bonds is 7. The summed E-state index contributed by atoms with van der Waals surface area (Å²) in [5, 5.41) is 6.76. The van der Waals surface area contributed by atoms with E-state index in [0.29, 0.717) is 0 Å². The summed E-state index contributed by atoms with van der Waals surface area (Å²) < 4.78 is 2.16. The molecule has 1 aromatic rings. The highest BCUT2D eigenvalue weighted by Gasteiger charge is 2.14. The number of aromatic nitrogens is 1. The number of aliphatic imine (C=N–C) groups is 1. The minimum Gasteiger partial charge on any atom is -0.356 e.